The van der Waals surface area contributed by atoms with E-state index in [0.29, 0.717) is 21.5 Å². The summed E-state index contributed by atoms with van der Waals surface area (Å²) in [6.45, 7) is 0. The molecule has 0 saturated carbocycles. The van der Waals surface area contributed by atoms with Crippen molar-refractivity contribution in [1.82, 2.24) is 15.6 Å². The summed E-state index contributed by atoms with van der Waals surface area (Å²) in [5, 5.41) is 12.0. The molecule has 1 amide bonds. The Morgan fingerprint density at radius 3 is 2.62 bits per heavy atom. The van der Waals surface area contributed by atoms with E-state index in [1.54, 1.807) is 48.5 Å². The number of halogens is 1. The number of nitrogens with one attached hydrogen (secondary N) is 2. The molecule has 0 aliphatic carbocycles. The quantitative estimate of drug-likeness (QED) is 0.564. The van der Waals surface area contributed by atoms with E-state index in [1.165, 1.54) is 6.21 Å². The molecule has 0 radical (unpaired) electrons. The Bertz CT molecular complexity index is 964. The van der Waals surface area contributed by atoms with Crippen molar-refractivity contribution in [3.05, 3.63) is 75.2 Å². The number of rotatable bonds is 4. The van der Waals surface area contributed by atoms with Crippen LogP contribution in [0.2, 0.25) is 5.02 Å². The maximum Gasteiger partial charge on any atom is 0.272 e. The lowest BCUT2D eigenvalue weighted by Crippen LogP contribution is -2.22. The molecule has 7 heteroatoms. The van der Waals surface area contributed by atoms with Crippen LogP contribution in [0.4, 0.5) is 0 Å². The standard InChI is InChI=1S/C17H13ClN4O2/c18-12-7-5-11(6-8-12)10-19-21-16(23)9-15-13-3-1-2-4-14(13)17(24)22-20-15/h1-8,10H,9H2,(H,21,23)(H,22,24)/b19-10+. The summed E-state index contributed by atoms with van der Waals surface area (Å²) in [5.41, 5.74) is 3.46. The van der Waals surface area contributed by atoms with Crippen molar-refractivity contribution in [1.29, 1.82) is 0 Å². The summed E-state index contributed by atoms with van der Waals surface area (Å²) in [5.74, 6) is -0.329. The molecule has 24 heavy (non-hydrogen) atoms. The van der Waals surface area contributed by atoms with Crippen LogP contribution in [0.15, 0.2) is 58.4 Å². The van der Waals surface area contributed by atoms with E-state index in [4.69, 9.17) is 11.6 Å². The molecule has 1 heterocycles. The number of aromatic nitrogens is 2. The highest BCUT2D eigenvalue weighted by Crippen LogP contribution is 2.12. The predicted molar refractivity (Wildman–Crippen MR) is 93.3 cm³/mol. The zero-order valence-electron chi connectivity index (χ0n) is 12.5. The lowest BCUT2D eigenvalue weighted by atomic mass is 10.1. The number of H-pyrrole nitrogens is 1. The third kappa shape index (κ3) is 3.67. The Balaban J connectivity index is 1.70. The number of hydrogen-bond acceptors (Lipinski definition) is 4. The predicted octanol–water partition coefficient (Wildman–Crippen LogP) is 2.27. The third-order valence-electron chi connectivity index (χ3n) is 3.38. The third-order valence-corrected chi connectivity index (χ3v) is 3.63. The summed E-state index contributed by atoms with van der Waals surface area (Å²) in [7, 11) is 0. The van der Waals surface area contributed by atoms with Gasteiger partial charge < -0.3 is 0 Å². The van der Waals surface area contributed by atoms with Gasteiger partial charge in [-0.2, -0.15) is 10.2 Å². The van der Waals surface area contributed by atoms with Crippen LogP contribution >= 0.6 is 11.6 Å². The van der Waals surface area contributed by atoms with Crippen LogP contribution in [-0.4, -0.2) is 22.3 Å². The molecule has 0 atom stereocenters. The molecule has 0 aliphatic heterocycles. The smallest absolute Gasteiger partial charge is 0.272 e. The second-order valence-corrected chi connectivity index (χ2v) is 5.50. The number of carbonyl (C=O) groups excluding carboxylic acids is 1. The Labute approximate surface area is 142 Å². The molecule has 0 spiro atoms. The molecule has 120 valence electrons. The number of aromatic amines is 1. The average Bonchev–Trinajstić information content (AvgIpc) is 2.59. The molecule has 0 unspecified atom stereocenters. The van der Waals surface area contributed by atoms with E-state index in [9.17, 15) is 9.59 Å². The second-order valence-electron chi connectivity index (χ2n) is 5.07. The lowest BCUT2D eigenvalue weighted by Gasteiger charge is -2.03. The molecule has 0 aliphatic rings. The Hall–Kier alpha value is -2.99. The van der Waals surface area contributed by atoms with E-state index in [0.717, 1.165) is 5.56 Å². The van der Waals surface area contributed by atoms with Gasteiger partial charge in [-0.15, -0.1) is 0 Å². The molecular weight excluding hydrogens is 328 g/mol. The van der Waals surface area contributed by atoms with Gasteiger partial charge in [-0.3, -0.25) is 9.59 Å². The first-order valence-corrected chi connectivity index (χ1v) is 7.55. The Morgan fingerprint density at radius 1 is 1.17 bits per heavy atom. The summed E-state index contributed by atoms with van der Waals surface area (Å²) in [4.78, 5) is 23.7. The number of nitrogens with zero attached hydrogens (tertiary/aromatic N) is 2. The van der Waals surface area contributed by atoms with Crippen molar-refractivity contribution in [2.75, 3.05) is 0 Å². The molecule has 3 aromatic rings. The minimum atomic E-state index is -0.329. The first-order valence-electron chi connectivity index (χ1n) is 7.17. The first kappa shape index (κ1) is 15.9. The number of fused-ring (bicyclic) bond motifs is 1. The Kier molecular flexibility index (Phi) is 4.67. The van der Waals surface area contributed by atoms with Crippen LogP contribution in [0.3, 0.4) is 0 Å². The van der Waals surface area contributed by atoms with Gasteiger partial charge in [-0.1, -0.05) is 41.9 Å². The maximum absolute atomic E-state index is 12.0. The minimum Gasteiger partial charge on any atom is -0.273 e. The summed E-state index contributed by atoms with van der Waals surface area (Å²) in [6.07, 6.45) is 1.53. The van der Waals surface area contributed by atoms with Crippen molar-refractivity contribution in [3.8, 4) is 0 Å². The monoisotopic (exact) mass is 340 g/mol. The van der Waals surface area contributed by atoms with Crippen molar-refractivity contribution in [2.24, 2.45) is 5.10 Å². The zero-order chi connectivity index (χ0) is 16.9. The van der Waals surface area contributed by atoms with Crippen LogP contribution in [0, 0.1) is 0 Å². The van der Waals surface area contributed by atoms with Crippen molar-refractivity contribution >= 4 is 34.5 Å². The molecule has 2 aromatic carbocycles. The van der Waals surface area contributed by atoms with Gasteiger partial charge in [0.25, 0.3) is 5.56 Å². The second kappa shape index (κ2) is 7.06. The van der Waals surface area contributed by atoms with Crippen LogP contribution < -0.4 is 11.0 Å². The number of benzene rings is 2. The van der Waals surface area contributed by atoms with Crippen LogP contribution in [0.1, 0.15) is 11.3 Å². The maximum atomic E-state index is 12.0. The van der Waals surface area contributed by atoms with Crippen LogP contribution in [0.5, 0.6) is 0 Å². The molecule has 3 rings (SSSR count). The molecule has 0 saturated heterocycles. The summed E-state index contributed by atoms with van der Waals surface area (Å²) in [6, 6.07) is 14.1. The van der Waals surface area contributed by atoms with Crippen LogP contribution in [0.25, 0.3) is 10.8 Å². The van der Waals surface area contributed by atoms with E-state index >= 15 is 0 Å². The topological polar surface area (TPSA) is 87.2 Å². The van der Waals surface area contributed by atoms with Crippen molar-refractivity contribution < 1.29 is 4.79 Å². The highest BCUT2D eigenvalue weighted by molar-refractivity contribution is 6.30. The summed E-state index contributed by atoms with van der Waals surface area (Å²) >= 11 is 5.80. The van der Waals surface area contributed by atoms with Gasteiger partial charge in [0.1, 0.15) is 0 Å². The van der Waals surface area contributed by atoms with Gasteiger partial charge >= 0.3 is 0 Å². The number of hydrogen-bond donors (Lipinski definition) is 2. The summed E-state index contributed by atoms with van der Waals surface area (Å²) < 4.78 is 0. The van der Waals surface area contributed by atoms with Gasteiger partial charge in [-0.25, -0.2) is 10.5 Å². The van der Waals surface area contributed by atoms with Gasteiger partial charge in [-0.05, 0) is 23.8 Å². The highest BCUT2D eigenvalue weighted by atomic mass is 35.5. The SMILES string of the molecule is O=C(Cc1n[nH]c(=O)c2ccccc12)N/N=C/c1ccc(Cl)cc1. The molecule has 6 nitrogen and oxygen atoms in total. The average molecular weight is 341 g/mol. The van der Waals surface area contributed by atoms with E-state index in [-0.39, 0.29) is 17.9 Å². The van der Waals surface area contributed by atoms with E-state index in [1.807, 2.05) is 0 Å². The highest BCUT2D eigenvalue weighted by Gasteiger charge is 2.09. The van der Waals surface area contributed by atoms with Gasteiger partial charge in [0.05, 0.1) is 23.7 Å². The molecular formula is C17H13ClN4O2. The number of amides is 1. The first-order chi connectivity index (χ1) is 11.6. The van der Waals surface area contributed by atoms with Crippen LogP contribution in [-0.2, 0) is 11.2 Å². The lowest BCUT2D eigenvalue weighted by molar-refractivity contribution is -0.120. The fraction of sp³-hybridized carbons (Fsp3) is 0.0588. The fourth-order valence-corrected chi connectivity index (χ4v) is 2.35. The molecule has 0 bridgehead atoms. The Morgan fingerprint density at radius 2 is 1.88 bits per heavy atom. The minimum absolute atomic E-state index is 0.00918. The molecule has 0 fully saturated rings. The van der Waals surface area contributed by atoms with Crippen molar-refractivity contribution in [3.63, 3.8) is 0 Å². The fourth-order valence-electron chi connectivity index (χ4n) is 2.23. The molecule has 2 N–H and O–H groups in total. The van der Waals surface area contributed by atoms with E-state index in [2.05, 4.69) is 20.7 Å². The number of carbonyl (C=O) groups is 1. The van der Waals surface area contributed by atoms with Gasteiger partial charge in [0, 0.05) is 10.4 Å². The van der Waals surface area contributed by atoms with E-state index < -0.39 is 0 Å². The zero-order valence-corrected chi connectivity index (χ0v) is 13.2. The van der Waals surface area contributed by atoms with Gasteiger partial charge in [0.2, 0.25) is 5.91 Å². The molecule has 1 aromatic heterocycles. The number of hydrazone groups is 1. The van der Waals surface area contributed by atoms with Crippen molar-refractivity contribution in [2.45, 2.75) is 6.42 Å². The van der Waals surface area contributed by atoms with Gasteiger partial charge in [0.15, 0.2) is 0 Å². The normalized spacial score (nSPS) is 11.0. The largest absolute Gasteiger partial charge is 0.273 e.